The Morgan fingerprint density at radius 1 is 1.50 bits per heavy atom. The first kappa shape index (κ1) is 14.8. The number of hydrogen-bond donors (Lipinski definition) is 2. The van der Waals surface area contributed by atoms with Gasteiger partial charge in [-0.3, -0.25) is 4.68 Å². The first-order valence-electron chi connectivity index (χ1n) is 6.36. The smallest absolute Gasteiger partial charge is 0.104 e. The fourth-order valence-corrected chi connectivity index (χ4v) is 2.41. The summed E-state index contributed by atoms with van der Waals surface area (Å²) in [4.78, 5) is 0.346. The molecule has 0 atom stereocenters. The lowest BCUT2D eigenvalue weighted by molar-refractivity contribution is 0.746. The van der Waals surface area contributed by atoms with Gasteiger partial charge in [-0.25, -0.2) is 0 Å². The Kier molecular flexibility index (Phi) is 4.62. The van der Waals surface area contributed by atoms with E-state index in [2.05, 4.69) is 17.3 Å². The minimum Gasteiger partial charge on any atom is -0.389 e. The lowest BCUT2D eigenvalue weighted by Crippen LogP contribution is -2.09. The predicted octanol–water partition coefficient (Wildman–Crippen LogP) is 2.88. The van der Waals surface area contributed by atoms with E-state index in [1.807, 2.05) is 30.1 Å². The van der Waals surface area contributed by atoms with Gasteiger partial charge in [0.2, 0.25) is 0 Å². The summed E-state index contributed by atoms with van der Waals surface area (Å²) < 4.78 is 1.83. The Morgan fingerprint density at radius 2 is 2.25 bits per heavy atom. The summed E-state index contributed by atoms with van der Waals surface area (Å²) in [5.74, 6) is 0. The topological polar surface area (TPSA) is 55.9 Å². The van der Waals surface area contributed by atoms with E-state index in [-0.39, 0.29) is 0 Å². The molecule has 3 N–H and O–H groups in total. The lowest BCUT2D eigenvalue weighted by atomic mass is 10.2. The molecular formula is C14H17ClN4S. The van der Waals surface area contributed by atoms with Crippen molar-refractivity contribution in [3.05, 3.63) is 46.2 Å². The largest absolute Gasteiger partial charge is 0.389 e. The lowest BCUT2D eigenvalue weighted by Gasteiger charge is -2.09. The molecule has 0 aliphatic rings. The highest BCUT2D eigenvalue weighted by molar-refractivity contribution is 7.80. The van der Waals surface area contributed by atoms with Crippen LogP contribution in [0.4, 0.5) is 5.69 Å². The summed E-state index contributed by atoms with van der Waals surface area (Å²) >= 11 is 11.1. The molecule has 1 aromatic heterocycles. The van der Waals surface area contributed by atoms with Gasteiger partial charge in [0.25, 0.3) is 0 Å². The Bertz CT molecular complexity index is 636. The van der Waals surface area contributed by atoms with Crippen LogP contribution in [0.25, 0.3) is 0 Å². The van der Waals surface area contributed by atoms with Crippen LogP contribution in [-0.2, 0) is 20.0 Å². The minimum atomic E-state index is 0.346. The minimum absolute atomic E-state index is 0.346. The summed E-state index contributed by atoms with van der Waals surface area (Å²) in [6.45, 7) is 2.78. The maximum Gasteiger partial charge on any atom is 0.104 e. The zero-order valence-corrected chi connectivity index (χ0v) is 13.1. The molecule has 0 amide bonds. The molecule has 0 fully saturated rings. The van der Waals surface area contributed by atoms with Crippen LogP contribution in [0.5, 0.6) is 0 Å². The second kappa shape index (κ2) is 6.24. The fraction of sp³-hybridized carbons (Fsp3) is 0.286. The number of aryl methyl sites for hydroxylation is 2. The van der Waals surface area contributed by atoms with Crippen molar-refractivity contribution in [1.82, 2.24) is 9.78 Å². The van der Waals surface area contributed by atoms with Gasteiger partial charge in [0, 0.05) is 30.9 Å². The molecule has 0 radical (unpaired) electrons. The molecule has 0 bridgehead atoms. The molecule has 0 saturated carbocycles. The summed E-state index contributed by atoms with van der Waals surface area (Å²) in [5.41, 5.74) is 9.47. The van der Waals surface area contributed by atoms with Crippen molar-refractivity contribution in [3.8, 4) is 0 Å². The summed E-state index contributed by atoms with van der Waals surface area (Å²) in [6.07, 6.45) is 2.93. The third kappa shape index (κ3) is 3.29. The molecular weight excluding hydrogens is 292 g/mol. The van der Waals surface area contributed by atoms with Crippen LogP contribution in [0.3, 0.4) is 0 Å². The van der Waals surface area contributed by atoms with E-state index in [4.69, 9.17) is 29.6 Å². The molecule has 2 rings (SSSR count). The maximum absolute atomic E-state index is 6.22. The molecule has 0 aliphatic heterocycles. The second-order valence-corrected chi connectivity index (χ2v) is 5.39. The first-order chi connectivity index (χ1) is 9.51. The van der Waals surface area contributed by atoms with E-state index in [0.29, 0.717) is 16.6 Å². The van der Waals surface area contributed by atoms with Gasteiger partial charge < -0.3 is 11.1 Å². The molecule has 0 spiro atoms. The van der Waals surface area contributed by atoms with Gasteiger partial charge in [0.05, 0.1) is 16.4 Å². The Labute approximate surface area is 128 Å². The van der Waals surface area contributed by atoms with Crippen LogP contribution in [0.2, 0.25) is 5.02 Å². The number of benzene rings is 1. The quantitative estimate of drug-likeness (QED) is 0.834. The molecule has 0 unspecified atom stereocenters. The van der Waals surface area contributed by atoms with E-state index >= 15 is 0 Å². The molecule has 0 saturated heterocycles. The highest BCUT2D eigenvalue weighted by Gasteiger charge is 2.07. The summed E-state index contributed by atoms with van der Waals surface area (Å²) in [7, 11) is 1.92. The monoisotopic (exact) mass is 308 g/mol. The number of halogens is 1. The fourth-order valence-electron chi connectivity index (χ4n) is 2.03. The average Bonchev–Trinajstić information content (AvgIpc) is 2.77. The van der Waals surface area contributed by atoms with Crippen molar-refractivity contribution in [2.75, 3.05) is 5.32 Å². The van der Waals surface area contributed by atoms with Crippen LogP contribution < -0.4 is 11.1 Å². The number of thiocarbonyl (C=S) groups is 1. The number of anilines is 1. The zero-order chi connectivity index (χ0) is 14.7. The van der Waals surface area contributed by atoms with E-state index in [0.717, 1.165) is 23.4 Å². The average molecular weight is 309 g/mol. The number of rotatable bonds is 5. The molecule has 6 heteroatoms. The first-order valence-corrected chi connectivity index (χ1v) is 7.14. The Morgan fingerprint density at radius 3 is 2.85 bits per heavy atom. The third-order valence-electron chi connectivity index (χ3n) is 3.05. The zero-order valence-electron chi connectivity index (χ0n) is 11.5. The van der Waals surface area contributed by atoms with Gasteiger partial charge in [0.1, 0.15) is 4.99 Å². The van der Waals surface area contributed by atoms with Crippen LogP contribution >= 0.6 is 23.8 Å². The standard InChI is InChI=1S/C14H17ClN4S/c1-3-12-10(8-19(2)18-12)7-17-13-5-4-9(14(16)20)6-11(13)15/h4-6,8,17H,3,7H2,1-2H3,(H2,16,20). The summed E-state index contributed by atoms with van der Waals surface area (Å²) in [6, 6.07) is 5.52. The van der Waals surface area contributed by atoms with Crippen molar-refractivity contribution in [2.45, 2.75) is 19.9 Å². The van der Waals surface area contributed by atoms with Crippen molar-refractivity contribution in [3.63, 3.8) is 0 Å². The van der Waals surface area contributed by atoms with Crippen LogP contribution in [-0.4, -0.2) is 14.8 Å². The highest BCUT2D eigenvalue weighted by Crippen LogP contribution is 2.24. The van der Waals surface area contributed by atoms with E-state index in [1.165, 1.54) is 5.56 Å². The van der Waals surface area contributed by atoms with Crippen molar-refractivity contribution >= 4 is 34.5 Å². The van der Waals surface area contributed by atoms with Crippen LogP contribution in [0, 0.1) is 0 Å². The normalized spacial score (nSPS) is 10.6. The van der Waals surface area contributed by atoms with Gasteiger partial charge in [0.15, 0.2) is 0 Å². The maximum atomic E-state index is 6.22. The predicted molar refractivity (Wildman–Crippen MR) is 87.3 cm³/mol. The Hall–Kier alpha value is -1.59. The number of hydrogen-bond acceptors (Lipinski definition) is 3. The number of nitrogens with one attached hydrogen (secondary N) is 1. The van der Waals surface area contributed by atoms with E-state index in [1.54, 1.807) is 6.07 Å². The summed E-state index contributed by atoms with van der Waals surface area (Å²) in [5, 5.41) is 8.33. The number of nitrogens with zero attached hydrogens (tertiary/aromatic N) is 2. The molecule has 1 heterocycles. The Balaban J connectivity index is 2.12. The molecule has 4 nitrogen and oxygen atoms in total. The molecule has 106 valence electrons. The van der Waals surface area contributed by atoms with E-state index < -0.39 is 0 Å². The van der Waals surface area contributed by atoms with Crippen LogP contribution in [0.1, 0.15) is 23.7 Å². The SMILES string of the molecule is CCc1nn(C)cc1CNc1ccc(C(N)=S)cc1Cl. The number of nitrogens with two attached hydrogens (primary N) is 1. The number of aromatic nitrogens is 2. The second-order valence-electron chi connectivity index (χ2n) is 4.54. The highest BCUT2D eigenvalue weighted by atomic mass is 35.5. The van der Waals surface area contributed by atoms with Gasteiger partial charge in [-0.1, -0.05) is 30.7 Å². The molecule has 0 aliphatic carbocycles. The van der Waals surface area contributed by atoms with Crippen molar-refractivity contribution < 1.29 is 0 Å². The molecule has 20 heavy (non-hydrogen) atoms. The van der Waals surface area contributed by atoms with Gasteiger partial charge >= 0.3 is 0 Å². The molecule has 2 aromatic rings. The third-order valence-corrected chi connectivity index (χ3v) is 3.60. The van der Waals surface area contributed by atoms with Crippen molar-refractivity contribution in [1.29, 1.82) is 0 Å². The molecule has 1 aromatic carbocycles. The van der Waals surface area contributed by atoms with Gasteiger partial charge in [-0.05, 0) is 24.6 Å². The van der Waals surface area contributed by atoms with E-state index in [9.17, 15) is 0 Å². The van der Waals surface area contributed by atoms with Crippen molar-refractivity contribution in [2.24, 2.45) is 12.8 Å². The van der Waals surface area contributed by atoms with Gasteiger partial charge in [-0.2, -0.15) is 5.10 Å². The van der Waals surface area contributed by atoms with Crippen LogP contribution in [0.15, 0.2) is 24.4 Å². The van der Waals surface area contributed by atoms with Gasteiger partial charge in [-0.15, -0.1) is 0 Å².